The van der Waals surface area contributed by atoms with Crippen LogP contribution in [0.25, 0.3) is 0 Å². The first-order valence-corrected chi connectivity index (χ1v) is 9.67. The number of nitrogens with one attached hydrogen (secondary N) is 1. The summed E-state index contributed by atoms with van der Waals surface area (Å²) in [5, 5.41) is 1.95. The van der Waals surface area contributed by atoms with Gasteiger partial charge in [0.25, 0.3) is 5.56 Å². The lowest BCUT2D eigenvalue weighted by atomic mass is 10.2. The molecule has 148 valence electrons. The van der Waals surface area contributed by atoms with Crippen molar-refractivity contribution in [3.8, 4) is 0 Å². The van der Waals surface area contributed by atoms with Crippen LogP contribution in [0.3, 0.4) is 0 Å². The molecule has 0 aliphatic rings. The van der Waals surface area contributed by atoms with Crippen molar-refractivity contribution < 1.29 is 9.53 Å². The minimum atomic E-state index is -0.668. The Kier molecular flexibility index (Phi) is 7.37. The quantitative estimate of drug-likeness (QED) is 0.669. The summed E-state index contributed by atoms with van der Waals surface area (Å²) >= 11 is 1.57. The van der Waals surface area contributed by atoms with E-state index in [0.29, 0.717) is 13.0 Å². The fraction of sp³-hybridized carbons (Fsp3) is 0.500. The van der Waals surface area contributed by atoms with E-state index < -0.39 is 11.2 Å². The van der Waals surface area contributed by atoms with Crippen LogP contribution in [0.1, 0.15) is 25.1 Å². The first-order chi connectivity index (χ1) is 12.8. The number of ether oxygens (including phenoxy) is 1. The van der Waals surface area contributed by atoms with Gasteiger partial charge in [-0.25, -0.2) is 4.79 Å². The Morgan fingerprint density at radius 3 is 2.74 bits per heavy atom. The van der Waals surface area contributed by atoms with Crippen LogP contribution in [0.4, 0.5) is 11.5 Å². The smallest absolute Gasteiger partial charge is 0.330 e. The average Bonchev–Trinajstić information content (AvgIpc) is 3.12. The Balaban J connectivity index is 2.38. The molecule has 0 aliphatic heterocycles. The molecule has 0 aliphatic carbocycles. The Morgan fingerprint density at radius 2 is 2.15 bits per heavy atom. The van der Waals surface area contributed by atoms with Crippen molar-refractivity contribution in [1.82, 2.24) is 9.55 Å². The minimum absolute atomic E-state index is 0.00183. The number of aromatic amines is 1. The highest BCUT2D eigenvalue weighted by Gasteiger charge is 2.24. The van der Waals surface area contributed by atoms with Crippen LogP contribution >= 0.6 is 11.3 Å². The van der Waals surface area contributed by atoms with Crippen molar-refractivity contribution in [3.63, 3.8) is 0 Å². The highest BCUT2D eigenvalue weighted by atomic mass is 32.1. The maximum absolute atomic E-state index is 12.8. The summed E-state index contributed by atoms with van der Waals surface area (Å²) in [7, 11) is 1.52. The molecule has 9 heteroatoms. The van der Waals surface area contributed by atoms with E-state index in [1.165, 1.54) is 16.6 Å². The molecule has 0 saturated carbocycles. The van der Waals surface area contributed by atoms with Crippen molar-refractivity contribution in [3.05, 3.63) is 43.2 Å². The SMILES string of the molecule is COCCN(C(=O)CCc1cccs1)c1c(N)n(CC(C)C)c(=O)[nH]c1=O. The van der Waals surface area contributed by atoms with Gasteiger partial charge >= 0.3 is 5.69 Å². The number of amides is 1. The van der Waals surface area contributed by atoms with Crippen molar-refractivity contribution >= 4 is 28.7 Å². The van der Waals surface area contributed by atoms with Crippen molar-refractivity contribution in [1.29, 1.82) is 0 Å². The maximum atomic E-state index is 12.8. The first kappa shape index (κ1) is 20.9. The number of hydrogen-bond acceptors (Lipinski definition) is 6. The van der Waals surface area contributed by atoms with Crippen LogP contribution in [0.15, 0.2) is 27.1 Å². The molecule has 8 nitrogen and oxygen atoms in total. The molecule has 27 heavy (non-hydrogen) atoms. The molecule has 1 amide bonds. The van der Waals surface area contributed by atoms with Crippen LogP contribution in [0, 0.1) is 5.92 Å². The van der Waals surface area contributed by atoms with Crippen molar-refractivity contribution in [2.75, 3.05) is 30.9 Å². The van der Waals surface area contributed by atoms with E-state index in [0.717, 1.165) is 4.88 Å². The van der Waals surface area contributed by atoms with Crippen LogP contribution in [0.5, 0.6) is 0 Å². The van der Waals surface area contributed by atoms with Gasteiger partial charge in [0.05, 0.1) is 6.61 Å². The molecule has 3 N–H and O–H groups in total. The number of nitrogens with zero attached hydrogens (tertiary/aromatic N) is 2. The van der Waals surface area contributed by atoms with Gasteiger partial charge in [0, 0.05) is 31.5 Å². The molecule has 0 atom stereocenters. The van der Waals surface area contributed by atoms with Gasteiger partial charge in [-0.05, 0) is 23.8 Å². The van der Waals surface area contributed by atoms with Gasteiger partial charge in [-0.1, -0.05) is 19.9 Å². The lowest BCUT2D eigenvalue weighted by molar-refractivity contribution is -0.118. The van der Waals surface area contributed by atoms with E-state index >= 15 is 0 Å². The molecule has 0 aromatic carbocycles. The molecule has 2 rings (SSSR count). The molecule has 0 radical (unpaired) electrons. The van der Waals surface area contributed by atoms with Crippen molar-refractivity contribution in [2.24, 2.45) is 5.92 Å². The summed E-state index contributed by atoms with van der Waals surface area (Å²) in [4.78, 5) is 42.1. The second kappa shape index (κ2) is 9.52. The molecular formula is C18H26N4O4S. The molecule has 2 heterocycles. The number of aromatic nitrogens is 2. The van der Waals surface area contributed by atoms with E-state index in [-0.39, 0.29) is 42.9 Å². The zero-order valence-electron chi connectivity index (χ0n) is 15.9. The van der Waals surface area contributed by atoms with Gasteiger partial charge in [-0.3, -0.25) is 19.1 Å². The fourth-order valence-electron chi connectivity index (χ4n) is 2.75. The molecule has 0 spiro atoms. The number of nitrogens with two attached hydrogens (primary N) is 1. The van der Waals surface area contributed by atoms with Crippen LogP contribution in [-0.2, 0) is 22.5 Å². The number of aryl methyl sites for hydroxylation is 1. The lowest BCUT2D eigenvalue weighted by Gasteiger charge is -2.24. The van der Waals surface area contributed by atoms with E-state index in [9.17, 15) is 14.4 Å². The summed E-state index contributed by atoms with van der Waals surface area (Å²) in [5.74, 6) is -0.101. The molecule has 0 bridgehead atoms. The maximum Gasteiger partial charge on any atom is 0.330 e. The van der Waals surface area contributed by atoms with E-state index in [4.69, 9.17) is 10.5 Å². The molecule has 2 aromatic rings. The summed E-state index contributed by atoms with van der Waals surface area (Å²) in [6, 6.07) is 3.89. The second-order valence-corrected chi connectivity index (χ2v) is 7.65. The predicted octanol–water partition coefficient (Wildman–Crippen LogP) is 1.45. The molecule has 0 saturated heterocycles. The predicted molar refractivity (Wildman–Crippen MR) is 107 cm³/mol. The highest BCUT2D eigenvalue weighted by molar-refractivity contribution is 7.09. The first-order valence-electron chi connectivity index (χ1n) is 8.79. The third-order valence-corrected chi connectivity index (χ3v) is 4.95. The second-order valence-electron chi connectivity index (χ2n) is 6.62. The normalized spacial score (nSPS) is 11.1. The molecule has 0 unspecified atom stereocenters. The van der Waals surface area contributed by atoms with Gasteiger partial charge in [-0.2, -0.15) is 0 Å². The van der Waals surface area contributed by atoms with E-state index in [1.54, 1.807) is 11.3 Å². The monoisotopic (exact) mass is 394 g/mol. The van der Waals surface area contributed by atoms with E-state index in [1.807, 2.05) is 31.4 Å². The van der Waals surface area contributed by atoms with Gasteiger partial charge in [-0.15, -0.1) is 11.3 Å². The average molecular weight is 394 g/mol. The fourth-order valence-corrected chi connectivity index (χ4v) is 3.46. The highest BCUT2D eigenvalue weighted by Crippen LogP contribution is 2.20. The number of rotatable bonds is 9. The Morgan fingerprint density at radius 1 is 1.41 bits per heavy atom. The molecule has 2 aromatic heterocycles. The van der Waals surface area contributed by atoms with Crippen LogP contribution in [-0.4, -0.2) is 35.7 Å². The number of carbonyl (C=O) groups excluding carboxylic acids is 1. The number of methoxy groups -OCH3 is 1. The third-order valence-electron chi connectivity index (χ3n) is 4.02. The van der Waals surface area contributed by atoms with Gasteiger partial charge in [0.2, 0.25) is 5.91 Å². The zero-order chi connectivity index (χ0) is 20.0. The number of nitrogen functional groups attached to an aromatic ring is 1. The third kappa shape index (κ3) is 5.30. The lowest BCUT2D eigenvalue weighted by Crippen LogP contribution is -2.43. The topological polar surface area (TPSA) is 110 Å². The van der Waals surface area contributed by atoms with E-state index in [2.05, 4.69) is 4.98 Å². The van der Waals surface area contributed by atoms with Gasteiger partial charge < -0.3 is 15.4 Å². The van der Waals surface area contributed by atoms with Gasteiger partial charge in [0.15, 0.2) is 5.69 Å². The Hall–Kier alpha value is -2.39. The zero-order valence-corrected chi connectivity index (χ0v) is 16.7. The molecule has 0 fully saturated rings. The number of thiophene rings is 1. The number of anilines is 2. The number of carbonyl (C=O) groups is 1. The summed E-state index contributed by atoms with van der Waals surface area (Å²) in [6.45, 7) is 4.63. The summed E-state index contributed by atoms with van der Waals surface area (Å²) < 4.78 is 6.38. The molecular weight excluding hydrogens is 368 g/mol. The van der Waals surface area contributed by atoms with Gasteiger partial charge in [0.1, 0.15) is 5.82 Å². The van der Waals surface area contributed by atoms with Crippen molar-refractivity contribution in [2.45, 2.75) is 33.2 Å². The summed E-state index contributed by atoms with van der Waals surface area (Å²) in [6.07, 6.45) is 0.801. The van der Waals surface area contributed by atoms with Crippen LogP contribution < -0.4 is 21.9 Å². The number of H-pyrrole nitrogens is 1. The van der Waals surface area contributed by atoms with Crippen LogP contribution in [0.2, 0.25) is 0 Å². The number of hydrogen-bond donors (Lipinski definition) is 2. The standard InChI is InChI=1S/C18H26N4O4S/c1-12(2)11-22-16(19)15(17(24)20-18(22)25)21(8-9-26-3)14(23)7-6-13-5-4-10-27-13/h4-5,10,12H,6-9,11,19H2,1-3H3,(H,20,24,25). The minimum Gasteiger partial charge on any atom is -0.383 e. The summed E-state index contributed by atoms with van der Waals surface area (Å²) in [5.41, 5.74) is 4.90. The largest absolute Gasteiger partial charge is 0.383 e. The Bertz CT molecular complexity index is 870. The Labute approximate surface area is 161 Å².